The number of unbranched alkanes of at least 4 members (excludes halogenated alkanes) is 8. The Balaban J connectivity index is 0.00000215. The monoisotopic (exact) mass is 800 g/mol. The molecule has 0 radical (unpaired) electrons. The number of amidine groups is 1. The lowest BCUT2D eigenvalue weighted by Crippen LogP contribution is -2.35. The summed E-state index contributed by atoms with van der Waals surface area (Å²) in [6.07, 6.45) is 21.5. The van der Waals surface area contributed by atoms with Gasteiger partial charge in [-0.25, -0.2) is 0 Å². The largest absolute Gasteiger partial charge is 0.494 e. The van der Waals surface area contributed by atoms with Crippen LogP contribution in [-0.2, 0) is 4.84 Å². The summed E-state index contributed by atoms with van der Waals surface area (Å²) in [5, 5.41) is 28.6. The third-order valence-electron chi connectivity index (χ3n) is 10.9. The van der Waals surface area contributed by atoms with Gasteiger partial charge in [-0.05, 0) is 94.0 Å². The fourth-order valence-electron chi connectivity index (χ4n) is 6.92. The number of rotatable bonds is 25. The number of nitrogens with one attached hydrogen (secondary N) is 3. The number of likely N-dealkylation sites (tertiary alicyclic amines) is 1. The molecule has 0 aliphatic carbocycles. The van der Waals surface area contributed by atoms with Crippen molar-refractivity contribution in [3.63, 3.8) is 0 Å². The van der Waals surface area contributed by atoms with Gasteiger partial charge in [-0.15, -0.1) is 0 Å². The number of guanidine groups is 1. The molecule has 1 unspecified atom stereocenters. The summed E-state index contributed by atoms with van der Waals surface area (Å²) in [5.41, 5.74) is 12.0. The SMILES string of the molecule is C=C(O/N=C(\C)C(C)(/C=C\NCCCCCCCCC)CCCCOc1ccc2cc(-c3noc([C@@H]4CCCN4C(=N)N)n3)ccc2c1)[C@@H](C)CCCC.CC(=N)N. The molecule has 0 spiro atoms. The Bertz CT molecular complexity index is 1770. The van der Waals surface area contributed by atoms with Gasteiger partial charge in [0, 0.05) is 30.0 Å². The first kappa shape index (κ1) is 47.5. The highest BCUT2D eigenvalue weighted by atomic mass is 16.6. The molecule has 320 valence electrons. The highest BCUT2D eigenvalue weighted by Crippen LogP contribution is 2.33. The Morgan fingerprint density at radius 3 is 2.43 bits per heavy atom. The number of oxime groups is 1. The Morgan fingerprint density at radius 2 is 1.71 bits per heavy atom. The van der Waals surface area contributed by atoms with Crippen LogP contribution in [0.3, 0.4) is 0 Å². The Hall–Kier alpha value is -4.87. The smallest absolute Gasteiger partial charge is 0.249 e. The Kier molecular flexibility index (Phi) is 20.9. The summed E-state index contributed by atoms with van der Waals surface area (Å²) in [4.78, 5) is 12.4. The van der Waals surface area contributed by atoms with E-state index < -0.39 is 0 Å². The predicted molar refractivity (Wildman–Crippen MR) is 240 cm³/mol. The predicted octanol–water partition coefficient (Wildman–Crippen LogP) is 11.0. The molecule has 3 atom stereocenters. The number of hydrogen-bond donors (Lipinski definition) is 5. The number of nitrogens with two attached hydrogens (primary N) is 2. The van der Waals surface area contributed by atoms with Crippen LogP contribution in [0, 0.1) is 22.2 Å². The zero-order valence-electron chi connectivity index (χ0n) is 36.4. The van der Waals surface area contributed by atoms with Crippen LogP contribution in [0.5, 0.6) is 5.75 Å². The van der Waals surface area contributed by atoms with Gasteiger partial charge in [0.05, 0.1) is 18.2 Å². The van der Waals surface area contributed by atoms with Crippen molar-refractivity contribution in [2.45, 2.75) is 144 Å². The molecule has 1 aromatic heterocycles. The molecule has 12 nitrogen and oxygen atoms in total. The van der Waals surface area contributed by atoms with Crippen molar-refractivity contribution >= 4 is 28.3 Å². The lowest BCUT2D eigenvalue weighted by atomic mass is 9.80. The standard InChI is InChI=1S/C44H67N7O3.C2H6N2/c1-7-9-11-12-13-14-16-27-47-28-26-44(6,35(5)49-53-34(4)33(3)19-10-8-2)25-15-17-30-52-39-24-23-36-31-38(22-21-37(36)32-39)41-48-42(54-50-41)40-20-18-29-51(40)43(45)46;1-2(3)4/h21-24,26,28,31-33,40,47H,4,7-20,25,27,29-30H2,1-3,5-6H3,(H3,45,46);1H3,(H3,3,4)/b28-26-,49-35+;/t33-,40-,44?;/m0./s1. The second-order valence-electron chi connectivity index (χ2n) is 16.0. The maximum atomic E-state index is 7.85. The number of fused-ring (bicyclic) bond motifs is 1. The van der Waals surface area contributed by atoms with E-state index in [1.54, 1.807) is 0 Å². The molecule has 58 heavy (non-hydrogen) atoms. The van der Waals surface area contributed by atoms with E-state index in [1.165, 1.54) is 51.9 Å². The molecular weight excluding hydrogens is 727 g/mol. The minimum absolute atomic E-state index is 0.0359. The van der Waals surface area contributed by atoms with E-state index >= 15 is 0 Å². The highest BCUT2D eigenvalue weighted by Gasteiger charge is 2.32. The number of nitrogens with zero attached hydrogens (tertiary/aromatic N) is 4. The number of hydrogen-bond acceptors (Lipinski definition) is 9. The molecule has 7 N–H and O–H groups in total. The van der Waals surface area contributed by atoms with Gasteiger partial charge in [-0.3, -0.25) is 10.8 Å². The van der Waals surface area contributed by atoms with Crippen molar-refractivity contribution in [1.29, 1.82) is 10.8 Å². The molecule has 2 heterocycles. The first-order valence-corrected chi connectivity index (χ1v) is 21.6. The van der Waals surface area contributed by atoms with E-state index in [0.717, 1.165) is 98.0 Å². The fraction of sp³-hybridized carbons (Fsp3) is 0.587. The van der Waals surface area contributed by atoms with Crippen LogP contribution in [0.1, 0.15) is 150 Å². The molecule has 1 saturated heterocycles. The van der Waals surface area contributed by atoms with Crippen molar-refractivity contribution < 1.29 is 14.1 Å². The van der Waals surface area contributed by atoms with Crippen LogP contribution in [-0.4, -0.2) is 52.2 Å². The molecular formula is C46H73N9O3. The van der Waals surface area contributed by atoms with Crippen molar-refractivity contribution in [2.75, 3.05) is 19.7 Å². The van der Waals surface area contributed by atoms with E-state index in [0.29, 0.717) is 18.3 Å². The molecule has 0 saturated carbocycles. The van der Waals surface area contributed by atoms with Gasteiger partial charge in [0.15, 0.2) is 5.96 Å². The zero-order chi connectivity index (χ0) is 42.3. The third kappa shape index (κ3) is 16.2. The van der Waals surface area contributed by atoms with E-state index in [9.17, 15) is 0 Å². The molecule has 2 aromatic carbocycles. The minimum atomic E-state index is -0.260. The molecule has 1 aliphatic rings. The van der Waals surface area contributed by atoms with Gasteiger partial charge in [0.25, 0.3) is 0 Å². The van der Waals surface area contributed by atoms with Gasteiger partial charge < -0.3 is 35.8 Å². The summed E-state index contributed by atoms with van der Waals surface area (Å²) in [6, 6.07) is 12.2. The first-order chi connectivity index (χ1) is 27.9. The number of allylic oxidation sites excluding steroid dienone is 2. The summed E-state index contributed by atoms with van der Waals surface area (Å²) in [7, 11) is 0. The topological polar surface area (TPSA) is 185 Å². The van der Waals surface area contributed by atoms with Gasteiger partial charge in [0.1, 0.15) is 17.6 Å². The second-order valence-corrected chi connectivity index (χ2v) is 16.0. The molecule has 12 heteroatoms. The van der Waals surface area contributed by atoms with Crippen LogP contribution < -0.4 is 21.5 Å². The molecule has 0 amide bonds. The van der Waals surface area contributed by atoms with Crippen LogP contribution in [0.25, 0.3) is 22.2 Å². The highest BCUT2D eigenvalue weighted by molar-refractivity contribution is 5.89. The maximum Gasteiger partial charge on any atom is 0.249 e. The molecule has 1 aliphatic heterocycles. The summed E-state index contributed by atoms with van der Waals surface area (Å²) in [5.74, 6) is 3.10. The third-order valence-corrected chi connectivity index (χ3v) is 10.9. The summed E-state index contributed by atoms with van der Waals surface area (Å²) in [6.45, 7) is 19.0. The lowest BCUT2D eigenvalue weighted by Gasteiger charge is -2.26. The van der Waals surface area contributed by atoms with E-state index in [4.69, 9.17) is 36.4 Å². The summed E-state index contributed by atoms with van der Waals surface area (Å²) < 4.78 is 11.8. The van der Waals surface area contributed by atoms with Crippen LogP contribution in [0.2, 0.25) is 0 Å². The van der Waals surface area contributed by atoms with Crippen LogP contribution in [0.15, 0.2) is 70.7 Å². The average molecular weight is 800 g/mol. The average Bonchev–Trinajstić information content (AvgIpc) is 3.90. The maximum absolute atomic E-state index is 7.85. The molecule has 0 bridgehead atoms. The Labute approximate surface area is 348 Å². The quantitative estimate of drug-likeness (QED) is 0.0183. The number of ether oxygens (including phenoxy) is 1. The van der Waals surface area contributed by atoms with E-state index in [-0.39, 0.29) is 29.2 Å². The van der Waals surface area contributed by atoms with Gasteiger partial charge >= 0.3 is 0 Å². The van der Waals surface area contributed by atoms with Gasteiger partial charge in [-0.2, -0.15) is 4.98 Å². The van der Waals surface area contributed by atoms with Gasteiger partial charge in [0.2, 0.25) is 11.7 Å². The second kappa shape index (κ2) is 25.5. The molecule has 3 aromatic rings. The minimum Gasteiger partial charge on any atom is -0.494 e. The van der Waals surface area contributed by atoms with Crippen molar-refractivity contribution in [2.24, 2.45) is 28.0 Å². The Morgan fingerprint density at radius 1 is 1.02 bits per heavy atom. The van der Waals surface area contributed by atoms with Gasteiger partial charge in [-0.1, -0.05) is 120 Å². The first-order valence-electron chi connectivity index (χ1n) is 21.6. The van der Waals surface area contributed by atoms with Crippen molar-refractivity contribution in [1.82, 2.24) is 20.4 Å². The molecule has 4 rings (SSSR count). The van der Waals surface area contributed by atoms with E-state index in [1.807, 2.05) is 17.0 Å². The molecule has 1 fully saturated rings. The number of aromatic nitrogens is 2. The van der Waals surface area contributed by atoms with Crippen LogP contribution >= 0.6 is 0 Å². The number of benzene rings is 2. The lowest BCUT2D eigenvalue weighted by molar-refractivity contribution is 0.186. The van der Waals surface area contributed by atoms with Crippen LogP contribution in [0.4, 0.5) is 0 Å². The zero-order valence-corrected chi connectivity index (χ0v) is 36.4. The normalized spacial score (nSPS) is 15.8. The van der Waals surface area contributed by atoms with Crippen molar-refractivity contribution in [3.8, 4) is 17.1 Å². The van der Waals surface area contributed by atoms with Crippen molar-refractivity contribution in [3.05, 3.63) is 66.9 Å². The summed E-state index contributed by atoms with van der Waals surface area (Å²) >= 11 is 0. The van der Waals surface area contributed by atoms with E-state index in [2.05, 4.69) is 98.4 Å². The fourth-order valence-corrected chi connectivity index (χ4v) is 6.92.